The number of carbonyl (C=O) groups is 2. The molecule has 3 aliphatic rings. The third-order valence-corrected chi connectivity index (χ3v) is 3.28. The minimum atomic E-state index is -0.984. The molecule has 1 fully saturated rings. The largest absolute Gasteiger partial charge is 0.489 e. The highest BCUT2D eigenvalue weighted by Gasteiger charge is 2.25. The van der Waals surface area contributed by atoms with Gasteiger partial charge in [0.15, 0.2) is 0 Å². The first-order chi connectivity index (χ1) is 9.20. The van der Waals surface area contributed by atoms with Crippen molar-refractivity contribution in [2.75, 3.05) is 6.54 Å². The van der Waals surface area contributed by atoms with Gasteiger partial charge in [0, 0.05) is 6.54 Å². The van der Waals surface area contributed by atoms with Crippen LogP contribution in [0, 0.1) is 0 Å². The lowest BCUT2D eigenvalue weighted by molar-refractivity contribution is -0.112. The van der Waals surface area contributed by atoms with Gasteiger partial charge in [-0.25, -0.2) is 4.79 Å². The van der Waals surface area contributed by atoms with Gasteiger partial charge in [0.2, 0.25) is 0 Å². The summed E-state index contributed by atoms with van der Waals surface area (Å²) in [5, 5.41) is 8.61. The lowest BCUT2D eigenvalue weighted by atomic mass is 10.0. The van der Waals surface area contributed by atoms with E-state index in [0.29, 0.717) is 19.3 Å². The number of nitrogens with zero attached hydrogens (tertiary/aromatic N) is 1. The van der Waals surface area contributed by atoms with Gasteiger partial charge in [0.05, 0.1) is 6.04 Å². The molecule has 0 aromatic heterocycles. The molecule has 0 spiro atoms. The van der Waals surface area contributed by atoms with E-state index in [9.17, 15) is 9.59 Å². The maximum absolute atomic E-state index is 10.5. The van der Waals surface area contributed by atoms with E-state index >= 15 is 0 Å². The number of aldehydes is 1. The third-order valence-electron chi connectivity index (χ3n) is 3.28. The van der Waals surface area contributed by atoms with Crippen LogP contribution in [-0.4, -0.2) is 35.0 Å². The molecule has 102 valence electrons. The highest BCUT2D eigenvalue weighted by molar-refractivity contribution is 5.71. The molecule has 5 heteroatoms. The summed E-state index contributed by atoms with van der Waals surface area (Å²) in [5.41, 5.74) is 1.26. The van der Waals surface area contributed by atoms with Crippen molar-refractivity contribution in [2.24, 2.45) is 0 Å². The predicted octanol–water partition coefficient (Wildman–Crippen LogP) is 2.30. The average Bonchev–Trinajstić information content (AvgIpc) is 2.50. The Kier molecular flexibility index (Phi) is 4.39. The monoisotopic (exact) mass is 263 g/mol. The van der Waals surface area contributed by atoms with Crippen LogP contribution in [0.4, 0.5) is 4.79 Å². The van der Waals surface area contributed by atoms with E-state index < -0.39 is 12.1 Å². The van der Waals surface area contributed by atoms with Crippen molar-refractivity contribution in [3.05, 3.63) is 29.8 Å². The van der Waals surface area contributed by atoms with Gasteiger partial charge in [-0.2, -0.15) is 0 Å². The van der Waals surface area contributed by atoms with E-state index in [1.54, 1.807) is 0 Å². The fourth-order valence-electron chi connectivity index (χ4n) is 2.18. The number of carboxylic acid groups (broad SMARTS) is 1. The molecule has 4 rings (SSSR count). The standard InChI is InChI=1S/C7H11NO3.C7H6O/c9-5-6-3-1-2-4-8(6)7(10)11;1-3-7-4-2-6(1)5-8-7/h5-6H,1-4H2,(H,10,11);1-4H,5H2. The van der Waals surface area contributed by atoms with Gasteiger partial charge in [-0.15, -0.1) is 0 Å². The van der Waals surface area contributed by atoms with Crippen molar-refractivity contribution in [1.29, 1.82) is 0 Å². The molecule has 1 unspecified atom stereocenters. The van der Waals surface area contributed by atoms with Crippen molar-refractivity contribution in [2.45, 2.75) is 31.9 Å². The summed E-state index contributed by atoms with van der Waals surface area (Å²) in [6.45, 7) is 1.26. The van der Waals surface area contributed by atoms with Crippen LogP contribution in [0.15, 0.2) is 24.3 Å². The van der Waals surface area contributed by atoms with Crippen molar-refractivity contribution in [3.8, 4) is 5.75 Å². The Morgan fingerprint density at radius 3 is 2.37 bits per heavy atom. The molecule has 1 saturated heterocycles. The second kappa shape index (κ2) is 6.22. The first-order valence-corrected chi connectivity index (χ1v) is 6.37. The molecular formula is C14H17NO4. The van der Waals surface area contributed by atoms with Crippen molar-refractivity contribution in [3.63, 3.8) is 0 Å². The number of carbonyl (C=O) groups excluding carboxylic acids is 1. The van der Waals surface area contributed by atoms with E-state index in [1.807, 2.05) is 12.1 Å². The molecule has 5 nitrogen and oxygen atoms in total. The van der Waals surface area contributed by atoms with Crippen molar-refractivity contribution < 1.29 is 19.4 Å². The molecule has 1 N–H and O–H groups in total. The van der Waals surface area contributed by atoms with Crippen molar-refractivity contribution >= 4 is 12.4 Å². The maximum Gasteiger partial charge on any atom is 0.407 e. The second-order valence-corrected chi connectivity index (χ2v) is 4.61. The van der Waals surface area contributed by atoms with E-state index in [4.69, 9.17) is 9.84 Å². The van der Waals surface area contributed by atoms with Gasteiger partial charge >= 0.3 is 6.09 Å². The van der Waals surface area contributed by atoms with E-state index in [0.717, 1.165) is 25.2 Å². The SMILES string of the molecule is O=CC1CCCCN1C(=O)O.c1cc2ccc1CO2. The minimum Gasteiger partial charge on any atom is -0.489 e. The summed E-state index contributed by atoms with van der Waals surface area (Å²) in [7, 11) is 0. The van der Waals surface area contributed by atoms with Crippen LogP contribution in [0.25, 0.3) is 0 Å². The quantitative estimate of drug-likeness (QED) is 0.789. The molecule has 0 aliphatic carbocycles. The molecule has 0 saturated carbocycles. The third kappa shape index (κ3) is 3.47. The fourth-order valence-corrected chi connectivity index (χ4v) is 2.18. The van der Waals surface area contributed by atoms with Gasteiger partial charge in [-0.3, -0.25) is 4.90 Å². The van der Waals surface area contributed by atoms with Gasteiger partial charge < -0.3 is 14.6 Å². The van der Waals surface area contributed by atoms with Crippen LogP contribution >= 0.6 is 0 Å². The van der Waals surface area contributed by atoms with E-state index in [1.165, 1.54) is 10.5 Å². The molecule has 0 radical (unpaired) electrons. The lowest BCUT2D eigenvalue weighted by Crippen LogP contribution is -2.43. The highest BCUT2D eigenvalue weighted by atomic mass is 16.5. The Hall–Kier alpha value is -2.04. The number of likely N-dealkylation sites (tertiary alicyclic amines) is 1. The number of piperidine rings is 1. The molecule has 1 aromatic rings. The minimum absolute atomic E-state index is 0.402. The molecular weight excluding hydrogens is 246 g/mol. The fraction of sp³-hybridized carbons (Fsp3) is 0.429. The summed E-state index contributed by atoms with van der Waals surface area (Å²) >= 11 is 0. The van der Waals surface area contributed by atoms with Crippen LogP contribution in [0.3, 0.4) is 0 Å². The summed E-state index contributed by atoms with van der Waals surface area (Å²) in [5.74, 6) is 0.986. The number of benzene rings is 1. The molecule has 1 amide bonds. The number of fused-ring (bicyclic) bond motifs is 3. The summed E-state index contributed by atoms with van der Waals surface area (Å²) < 4.78 is 5.18. The normalized spacial score (nSPS) is 20.0. The molecule has 1 aromatic carbocycles. The molecule has 19 heavy (non-hydrogen) atoms. The Bertz CT molecular complexity index is 420. The van der Waals surface area contributed by atoms with Crippen LogP contribution in [0.2, 0.25) is 0 Å². The van der Waals surface area contributed by atoms with E-state index in [2.05, 4.69) is 12.1 Å². The highest BCUT2D eigenvalue weighted by Crippen LogP contribution is 2.19. The Morgan fingerprint density at radius 2 is 2.05 bits per heavy atom. The summed E-state index contributed by atoms with van der Waals surface area (Å²) in [6, 6.07) is 7.73. The summed E-state index contributed by atoms with van der Waals surface area (Å²) in [4.78, 5) is 22.1. The zero-order valence-electron chi connectivity index (χ0n) is 10.6. The number of rotatable bonds is 1. The molecule has 3 aliphatic heterocycles. The Labute approximate surface area is 111 Å². The topological polar surface area (TPSA) is 66.8 Å². The average molecular weight is 263 g/mol. The van der Waals surface area contributed by atoms with Gasteiger partial charge in [-0.05, 0) is 37.0 Å². The lowest BCUT2D eigenvalue weighted by Gasteiger charge is -2.29. The zero-order valence-corrected chi connectivity index (χ0v) is 10.6. The number of ether oxygens (including phenoxy) is 1. The first kappa shape index (κ1) is 13.4. The van der Waals surface area contributed by atoms with Gasteiger partial charge in [0.25, 0.3) is 0 Å². The second-order valence-electron chi connectivity index (χ2n) is 4.61. The Morgan fingerprint density at radius 1 is 1.32 bits per heavy atom. The smallest absolute Gasteiger partial charge is 0.407 e. The van der Waals surface area contributed by atoms with Crippen LogP contribution in [0.1, 0.15) is 24.8 Å². The Balaban J connectivity index is 0.000000146. The van der Waals surface area contributed by atoms with Crippen LogP contribution < -0.4 is 4.74 Å². The zero-order chi connectivity index (χ0) is 13.7. The molecule has 3 heterocycles. The summed E-state index contributed by atoms with van der Waals surface area (Å²) in [6.07, 6.45) is 2.23. The van der Waals surface area contributed by atoms with Gasteiger partial charge in [0.1, 0.15) is 18.6 Å². The predicted molar refractivity (Wildman–Crippen MR) is 69.2 cm³/mol. The van der Waals surface area contributed by atoms with Crippen molar-refractivity contribution in [1.82, 2.24) is 4.90 Å². The van der Waals surface area contributed by atoms with Crippen LogP contribution in [-0.2, 0) is 11.4 Å². The number of hydrogen-bond donors (Lipinski definition) is 1. The van der Waals surface area contributed by atoms with E-state index in [-0.39, 0.29) is 0 Å². The first-order valence-electron chi connectivity index (χ1n) is 6.37. The van der Waals surface area contributed by atoms with Gasteiger partial charge in [-0.1, -0.05) is 12.1 Å². The molecule has 2 bridgehead atoms. The number of amides is 1. The van der Waals surface area contributed by atoms with Crippen LogP contribution in [0.5, 0.6) is 5.75 Å². The number of hydrogen-bond acceptors (Lipinski definition) is 3. The molecule has 1 atom stereocenters. The maximum atomic E-state index is 10.5.